The molecular formula is C19H16BrNO3S2. The average molecular weight is 450 g/mol. The van der Waals surface area contributed by atoms with E-state index in [0.717, 1.165) is 21.3 Å². The summed E-state index contributed by atoms with van der Waals surface area (Å²) < 4.78 is 13.0. The lowest BCUT2D eigenvalue weighted by Crippen LogP contribution is -2.17. The Hall–Kier alpha value is -1.83. The molecule has 0 aromatic heterocycles. The highest BCUT2D eigenvalue weighted by molar-refractivity contribution is 9.10. The molecule has 26 heavy (non-hydrogen) atoms. The molecule has 0 radical (unpaired) electrons. The Labute approximate surface area is 170 Å². The van der Waals surface area contributed by atoms with E-state index < -0.39 is 0 Å². The van der Waals surface area contributed by atoms with Crippen molar-refractivity contribution in [2.45, 2.75) is 6.92 Å². The van der Waals surface area contributed by atoms with E-state index in [9.17, 15) is 4.79 Å². The molecule has 1 N–H and O–H groups in total. The van der Waals surface area contributed by atoms with Crippen molar-refractivity contribution in [3.63, 3.8) is 0 Å². The van der Waals surface area contributed by atoms with Crippen molar-refractivity contribution in [2.24, 2.45) is 0 Å². The molecule has 1 fully saturated rings. The third kappa shape index (κ3) is 4.87. The van der Waals surface area contributed by atoms with Gasteiger partial charge in [0, 0.05) is 10.0 Å². The minimum Gasteiger partial charge on any atom is -0.490 e. The zero-order valence-corrected chi connectivity index (χ0v) is 17.2. The Kier molecular flexibility index (Phi) is 6.34. The minimum absolute atomic E-state index is 0.186. The van der Waals surface area contributed by atoms with Crippen LogP contribution in [0, 0.1) is 6.92 Å². The van der Waals surface area contributed by atoms with Crippen LogP contribution in [-0.4, -0.2) is 23.4 Å². The van der Waals surface area contributed by atoms with Gasteiger partial charge in [0.2, 0.25) is 0 Å². The van der Waals surface area contributed by atoms with Crippen LogP contribution in [0.1, 0.15) is 11.1 Å². The molecule has 1 aliphatic rings. The second-order valence-electron chi connectivity index (χ2n) is 5.50. The van der Waals surface area contributed by atoms with Gasteiger partial charge in [0.05, 0.1) is 4.91 Å². The fraction of sp³-hybridized carbons (Fsp3) is 0.158. The van der Waals surface area contributed by atoms with Gasteiger partial charge in [-0.1, -0.05) is 58.1 Å². The molecule has 0 bridgehead atoms. The van der Waals surface area contributed by atoms with E-state index in [1.54, 1.807) is 6.08 Å². The molecular weight excluding hydrogens is 434 g/mol. The number of hydrogen-bond donors (Lipinski definition) is 1. The maximum Gasteiger partial charge on any atom is 0.263 e. The van der Waals surface area contributed by atoms with Crippen molar-refractivity contribution in [1.29, 1.82) is 0 Å². The van der Waals surface area contributed by atoms with Crippen LogP contribution in [0.2, 0.25) is 0 Å². The number of aryl methyl sites for hydroxylation is 1. The van der Waals surface area contributed by atoms with E-state index in [4.69, 9.17) is 21.7 Å². The standard InChI is InChI=1S/C19H16BrNO3S2/c1-12-4-2-3-5-15(12)23-8-9-24-16-7-6-14(20)10-13(16)11-17-18(22)21-19(25)26-17/h2-7,10-11H,8-9H2,1H3,(H,21,22,25). The first kappa shape index (κ1) is 18.9. The van der Waals surface area contributed by atoms with Gasteiger partial charge in [-0.25, -0.2) is 0 Å². The molecule has 1 amide bonds. The van der Waals surface area contributed by atoms with Crippen LogP contribution in [0.4, 0.5) is 0 Å². The number of para-hydroxylation sites is 1. The van der Waals surface area contributed by atoms with Crippen molar-refractivity contribution in [2.75, 3.05) is 13.2 Å². The van der Waals surface area contributed by atoms with Crippen LogP contribution >= 0.6 is 39.9 Å². The number of carbonyl (C=O) groups is 1. The topological polar surface area (TPSA) is 47.6 Å². The summed E-state index contributed by atoms with van der Waals surface area (Å²) in [6.07, 6.45) is 1.78. The lowest BCUT2D eigenvalue weighted by Gasteiger charge is -2.12. The number of nitrogens with one attached hydrogen (secondary N) is 1. The van der Waals surface area contributed by atoms with Crippen molar-refractivity contribution >= 4 is 56.2 Å². The van der Waals surface area contributed by atoms with Crippen LogP contribution in [0.5, 0.6) is 11.5 Å². The summed E-state index contributed by atoms with van der Waals surface area (Å²) in [6, 6.07) is 13.5. The summed E-state index contributed by atoms with van der Waals surface area (Å²) >= 11 is 9.72. The van der Waals surface area contributed by atoms with Gasteiger partial charge in [0.1, 0.15) is 29.0 Å². The maximum atomic E-state index is 11.9. The van der Waals surface area contributed by atoms with Gasteiger partial charge >= 0.3 is 0 Å². The van der Waals surface area contributed by atoms with Crippen LogP contribution in [0.15, 0.2) is 51.8 Å². The van der Waals surface area contributed by atoms with E-state index in [0.29, 0.717) is 28.2 Å². The van der Waals surface area contributed by atoms with Gasteiger partial charge in [0.25, 0.3) is 5.91 Å². The monoisotopic (exact) mass is 449 g/mol. The molecule has 0 unspecified atom stereocenters. The number of thiocarbonyl (C=S) groups is 1. The number of benzene rings is 2. The quantitative estimate of drug-likeness (QED) is 0.393. The van der Waals surface area contributed by atoms with Crippen LogP contribution in [0.3, 0.4) is 0 Å². The van der Waals surface area contributed by atoms with Crippen molar-refractivity contribution < 1.29 is 14.3 Å². The molecule has 4 nitrogen and oxygen atoms in total. The first-order valence-electron chi connectivity index (χ1n) is 7.88. The normalized spacial score (nSPS) is 15.2. The molecule has 0 aliphatic carbocycles. The van der Waals surface area contributed by atoms with Crippen molar-refractivity contribution in [3.05, 3.63) is 63.0 Å². The van der Waals surface area contributed by atoms with E-state index >= 15 is 0 Å². The molecule has 2 aromatic rings. The molecule has 1 heterocycles. The molecule has 0 spiro atoms. The van der Waals surface area contributed by atoms with Gasteiger partial charge < -0.3 is 14.8 Å². The predicted molar refractivity (Wildman–Crippen MR) is 113 cm³/mol. The fourth-order valence-corrected chi connectivity index (χ4v) is 3.76. The molecule has 1 aliphatic heterocycles. The molecule has 3 rings (SSSR count). The predicted octanol–water partition coefficient (Wildman–Crippen LogP) is 4.70. The van der Waals surface area contributed by atoms with Gasteiger partial charge in [-0.3, -0.25) is 4.79 Å². The van der Waals surface area contributed by atoms with Gasteiger partial charge in [-0.15, -0.1) is 0 Å². The molecule has 0 atom stereocenters. The first-order valence-corrected chi connectivity index (χ1v) is 9.90. The van der Waals surface area contributed by atoms with E-state index in [1.807, 2.05) is 49.4 Å². The summed E-state index contributed by atoms with van der Waals surface area (Å²) in [5.74, 6) is 1.34. The molecule has 7 heteroatoms. The average Bonchev–Trinajstić information content (AvgIpc) is 2.92. The van der Waals surface area contributed by atoms with Crippen molar-refractivity contribution in [1.82, 2.24) is 5.32 Å². The van der Waals surface area contributed by atoms with E-state index in [-0.39, 0.29) is 5.91 Å². The SMILES string of the molecule is Cc1ccccc1OCCOc1ccc(Br)cc1C=C1SC(=S)NC1=O. The Morgan fingerprint density at radius 3 is 2.58 bits per heavy atom. The summed E-state index contributed by atoms with van der Waals surface area (Å²) in [6.45, 7) is 2.82. The zero-order chi connectivity index (χ0) is 18.5. The Morgan fingerprint density at radius 2 is 1.88 bits per heavy atom. The highest BCUT2D eigenvalue weighted by atomic mass is 79.9. The molecule has 134 valence electrons. The number of rotatable bonds is 6. The van der Waals surface area contributed by atoms with Gasteiger partial charge in [0.15, 0.2) is 0 Å². The summed E-state index contributed by atoms with van der Waals surface area (Å²) in [5, 5.41) is 2.61. The lowest BCUT2D eigenvalue weighted by molar-refractivity contribution is -0.115. The summed E-state index contributed by atoms with van der Waals surface area (Å²) in [5.41, 5.74) is 1.89. The van der Waals surface area contributed by atoms with Crippen LogP contribution in [-0.2, 0) is 4.79 Å². The fourth-order valence-electron chi connectivity index (χ4n) is 2.35. The number of hydrogen-bond acceptors (Lipinski definition) is 5. The van der Waals surface area contributed by atoms with Crippen LogP contribution < -0.4 is 14.8 Å². The molecule has 0 saturated carbocycles. The maximum absolute atomic E-state index is 11.9. The second kappa shape index (κ2) is 8.70. The summed E-state index contributed by atoms with van der Waals surface area (Å²) in [7, 11) is 0. The Bertz CT molecular complexity index is 883. The lowest BCUT2D eigenvalue weighted by atomic mass is 10.2. The molecule has 1 saturated heterocycles. The zero-order valence-electron chi connectivity index (χ0n) is 14.0. The summed E-state index contributed by atoms with van der Waals surface area (Å²) in [4.78, 5) is 12.4. The van der Waals surface area contributed by atoms with E-state index in [2.05, 4.69) is 21.2 Å². The highest BCUT2D eigenvalue weighted by Crippen LogP contribution is 2.31. The number of carbonyl (C=O) groups excluding carboxylic acids is 1. The third-order valence-corrected chi connectivity index (χ3v) is 5.25. The van der Waals surface area contributed by atoms with Crippen molar-refractivity contribution in [3.8, 4) is 11.5 Å². The van der Waals surface area contributed by atoms with Gasteiger partial charge in [-0.05, 0) is 42.8 Å². The second-order valence-corrected chi connectivity index (χ2v) is 8.13. The smallest absolute Gasteiger partial charge is 0.263 e. The number of thioether (sulfide) groups is 1. The largest absolute Gasteiger partial charge is 0.490 e. The first-order chi connectivity index (χ1) is 12.5. The Balaban J connectivity index is 1.66. The molecule has 2 aromatic carbocycles. The Morgan fingerprint density at radius 1 is 1.15 bits per heavy atom. The van der Waals surface area contributed by atoms with Gasteiger partial charge in [-0.2, -0.15) is 0 Å². The minimum atomic E-state index is -0.186. The number of ether oxygens (including phenoxy) is 2. The van der Waals surface area contributed by atoms with E-state index in [1.165, 1.54) is 11.8 Å². The third-order valence-electron chi connectivity index (χ3n) is 3.59. The van der Waals surface area contributed by atoms with Crippen LogP contribution in [0.25, 0.3) is 6.08 Å². The highest BCUT2D eigenvalue weighted by Gasteiger charge is 2.22. The number of halogens is 1. The number of amides is 1.